The van der Waals surface area contributed by atoms with E-state index in [4.69, 9.17) is 4.42 Å². The zero-order valence-electron chi connectivity index (χ0n) is 15.3. The normalized spacial score (nSPS) is 23.1. The molecule has 0 bridgehead atoms. The van der Waals surface area contributed by atoms with E-state index in [1.807, 2.05) is 11.8 Å². The molecule has 0 aromatic carbocycles. The van der Waals surface area contributed by atoms with E-state index in [1.165, 1.54) is 12.8 Å². The fourth-order valence-corrected chi connectivity index (χ4v) is 4.28. The van der Waals surface area contributed by atoms with E-state index < -0.39 is 0 Å². The topological polar surface area (TPSA) is 77.1 Å². The lowest BCUT2D eigenvalue weighted by Crippen LogP contribution is -2.32. The van der Waals surface area contributed by atoms with Gasteiger partial charge in [-0.25, -0.2) is 4.98 Å². The van der Waals surface area contributed by atoms with Crippen molar-refractivity contribution in [3.63, 3.8) is 0 Å². The number of oxazole rings is 1. The van der Waals surface area contributed by atoms with Gasteiger partial charge in [0.05, 0.1) is 11.7 Å². The lowest BCUT2D eigenvalue weighted by Gasteiger charge is -2.24. The van der Waals surface area contributed by atoms with E-state index >= 15 is 0 Å². The van der Waals surface area contributed by atoms with Gasteiger partial charge in [-0.15, -0.1) is 10.2 Å². The van der Waals surface area contributed by atoms with Crippen LogP contribution >= 0.6 is 0 Å². The van der Waals surface area contributed by atoms with Crippen molar-refractivity contribution in [2.45, 2.75) is 76.8 Å². The molecule has 1 aliphatic carbocycles. The molecule has 7 heteroatoms. The number of hydrogen-bond donors (Lipinski definition) is 0. The zero-order valence-corrected chi connectivity index (χ0v) is 15.3. The van der Waals surface area contributed by atoms with E-state index in [2.05, 4.69) is 19.7 Å². The van der Waals surface area contributed by atoms with Crippen molar-refractivity contribution in [2.24, 2.45) is 0 Å². The molecule has 0 spiro atoms. The number of carbonyl (C=O) groups excluding carboxylic acids is 1. The quantitative estimate of drug-likeness (QED) is 0.845. The van der Waals surface area contributed by atoms with Crippen LogP contribution in [0, 0.1) is 6.92 Å². The summed E-state index contributed by atoms with van der Waals surface area (Å²) in [6.45, 7) is 3.57. The first-order valence-corrected chi connectivity index (χ1v) is 9.92. The van der Waals surface area contributed by atoms with Gasteiger partial charge in [0.1, 0.15) is 5.82 Å². The highest BCUT2D eigenvalue weighted by Gasteiger charge is 2.38. The second-order valence-corrected chi connectivity index (χ2v) is 7.83. The van der Waals surface area contributed by atoms with Gasteiger partial charge in [-0.05, 0) is 45.4 Å². The Labute approximate surface area is 152 Å². The molecule has 5 rings (SSSR count). The van der Waals surface area contributed by atoms with Crippen LogP contribution in [0.2, 0.25) is 0 Å². The minimum absolute atomic E-state index is 0.00396. The van der Waals surface area contributed by atoms with Crippen LogP contribution in [0.4, 0.5) is 0 Å². The number of amides is 1. The molecule has 0 N–H and O–H groups in total. The highest BCUT2D eigenvalue weighted by molar-refractivity contribution is 5.93. The maximum atomic E-state index is 13.2. The van der Waals surface area contributed by atoms with Crippen molar-refractivity contribution < 1.29 is 9.21 Å². The minimum atomic E-state index is -0.0460. The number of rotatable bonds is 3. The minimum Gasteiger partial charge on any atom is -0.435 e. The van der Waals surface area contributed by atoms with Crippen molar-refractivity contribution in [3.05, 3.63) is 29.0 Å². The third-order valence-corrected chi connectivity index (χ3v) is 5.88. The molecule has 2 aromatic heterocycles. The smallest absolute Gasteiger partial charge is 0.292 e. The fourth-order valence-electron chi connectivity index (χ4n) is 4.28. The molecule has 1 unspecified atom stereocenters. The third-order valence-electron chi connectivity index (χ3n) is 5.88. The number of hydrogen-bond acceptors (Lipinski definition) is 5. The Morgan fingerprint density at radius 3 is 2.81 bits per heavy atom. The number of aromatic nitrogens is 4. The lowest BCUT2D eigenvalue weighted by atomic mass is 10.2. The van der Waals surface area contributed by atoms with Crippen LogP contribution in [-0.2, 0) is 13.0 Å². The summed E-state index contributed by atoms with van der Waals surface area (Å²) in [5.41, 5.74) is 0.711. The standard InChI is InChI=1S/C19H25N5O2/c1-12-16(26-18(20-12)13-8-9-13)19(25)23-11-5-6-14(23)17-22-21-15-7-3-2-4-10-24(15)17/h13-14H,2-11H2,1H3. The Morgan fingerprint density at radius 2 is 1.96 bits per heavy atom. The van der Waals surface area contributed by atoms with Crippen molar-refractivity contribution in [1.29, 1.82) is 0 Å². The summed E-state index contributed by atoms with van der Waals surface area (Å²) in [5.74, 6) is 3.54. The maximum absolute atomic E-state index is 13.2. The molecule has 1 saturated carbocycles. The van der Waals surface area contributed by atoms with Gasteiger partial charge in [-0.3, -0.25) is 4.79 Å². The molecule has 1 atom stereocenters. The molecule has 1 amide bonds. The highest BCUT2D eigenvalue weighted by atomic mass is 16.4. The first kappa shape index (κ1) is 16.0. The van der Waals surface area contributed by atoms with E-state index in [9.17, 15) is 4.79 Å². The zero-order chi connectivity index (χ0) is 17.7. The van der Waals surface area contributed by atoms with Crippen molar-refractivity contribution in [1.82, 2.24) is 24.6 Å². The van der Waals surface area contributed by atoms with Crippen LogP contribution in [0.25, 0.3) is 0 Å². The number of likely N-dealkylation sites (tertiary alicyclic amines) is 1. The molecule has 0 radical (unpaired) electrons. The van der Waals surface area contributed by atoms with Crippen molar-refractivity contribution in [3.8, 4) is 0 Å². The summed E-state index contributed by atoms with van der Waals surface area (Å²) >= 11 is 0. The van der Waals surface area contributed by atoms with Gasteiger partial charge in [0, 0.05) is 25.4 Å². The largest absolute Gasteiger partial charge is 0.435 e. The monoisotopic (exact) mass is 355 g/mol. The van der Waals surface area contributed by atoms with E-state index in [0.29, 0.717) is 17.4 Å². The fraction of sp³-hybridized carbons (Fsp3) is 0.684. The Bertz CT molecular complexity index is 835. The summed E-state index contributed by atoms with van der Waals surface area (Å²) in [5, 5.41) is 8.91. The molecule has 26 heavy (non-hydrogen) atoms. The third kappa shape index (κ3) is 2.64. The Kier molecular flexibility index (Phi) is 3.83. The Hall–Kier alpha value is -2.18. The molecular weight excluding hydrogens is 330 g/mol. The van der Waals surface area contributed by atoms with Gasteiger partial charge in [0.15, 0.2) is 11.7 Å². The molecule has 2 aliphatic heterocycles. The van der Waals surface area contributed by atoms with Gasteiger partial charge in [-0.1, -0.05) is 6.42 Å². The summed E-state index contributed by atoms with van der Waals surface area (Å²) in [6, 6.07) is -0.00396. The van der Waals surface area contributed by atoms with Gasteiger partial charge >= 0.3 is 0 Å². The van der Waals surface area contributed by atoms with Crippen LogP contribution in [0.15, 0.2) is 4.42 Å². The lowest BCUT2D eigenvalue weighted by molar-refractivity contribution is 0.0691. The average Bonchev–Trinajstić information content (AvgIpc) is 3.16. The SMILES string of the molecule is Cc1nc(C2CC2)oc1C(=O)N1CCCC1c1nnc2n1CCCCC2. The average molecular weight is 355 g/mol. The summed E-state index contributed by atoms with van der Waals surface area (Å²) in [4.78, 5) is 19.6. The maximum Gasteiger partial charge on any atom is 0.292 e. The highest BCUT2D eigenvalue weighted by Crippen LogP contribution is 2.41. The molecular formula is C19H25N5O2. The second-order valence-electron chi connectivity index (χ2n) is 7.83. The van der Waals surface area contributed by atoms with Crippen LogP contribution in [-0.4, -0.2) is 37.1 Å². The molecule has 138 valence electrons. The van der Waals surface area contributed by atoms with Gasteiger partial charge in [0.25, 0.3) is 5.91 Å². The van der Waals surface area contributed by atoms with Crippen LogP contribution < -0.4 is 0 Å². The first-order valence-electron chi connectivity index (χ1n) is 9.92. The van der Waals surface area contributed by atoms with Crippen LogP contribution in [0.3, 0.4) is 0 Å². The van der Waals surface area contributed by atoms with E-state index in [0.717, 1.165) is 69.2 Å². The summed E-state index contributed by atoms with van der Waals surface area (Å²) in [6.07, 6.45) is 8.71. The van der Waals surface area contributed by atoms with Gasteiger partial charge in [0.2, 0.25) is 5.76 Å². The number of aryl methyl sites for hydroxylation is 2. The molecule has 2 fully saturated rings. The van der Waals surface area contributed by atoms with Crippen LogP contribution in [0.5, 0.6) is 0 Å². The Balaban J connectivity index is 1.44. The van der Waals surface area contributed by atoms with E-state index in [1.54, 1.807) is 0 Å². The Morgan fingerprint density at radius 1 is 1.08 bits per heavy atom. The van der Waals surface area contributed by atoms with Crippen LogP contribution in [0.1, 0.15) is 90.7 Å². The van der Waals surface area contributed by atoms with Gasteiger partial charge in [-0.2, -0.15) is 0 Å². The summed E-state index contributed by atoms with van der Waals surface area (Å²) < 4.78 is 8.12. The van der Waals surface area contributed by atoms with E-state index in [-0.39, 0.29) is 11.9 Å². The molecule has 4 heterocycles. The number of fused-ring (bicyclic) bond motifs is 1. The predicted molar refractivity (Wildman–Crippen MR) is 93.8 cm³/mol. The van der Waals surface area contributed by atoms with Crippen molar-refractivity contribution in [2.75, 3.05) is 6.54 Å². The second kappa shape index (κ2) is 6.21. The molecule has 1 saturated heterocycles. The number of carbonyl (C=O) groups is 1. The molecule has 7 nitrogen and oxygen atoms in total. The first-order chi connectivity index (χ1) is 12.7. The molecule has 3 aliphatic rings. The van der Waals surface area contributed by atoms with Crippen molar-refractivity contribution >= 4 is 5.91 Å². The van der Waals surface area contributed by atoms with Gasteiger partial charge < -0.3 is 13.9 Å². The number of nitrogens with zero attached hydrogens (tertiary/aromatic N) is 5. The summed E-state index contributed by atoms with van der Waals surface area (Å²) in [7, 11) is 0. The predicted octanol–water partition coefficient (Wildman–Crippen LogP) is 3.16. The molecule has 2 aromatic rings.